The molecule has 0 saturated heterocycles. The van der Waals surface area contributed by atoms with Crippen LogP contribution < -0.4 is 0 Å². The first-order chi connectivity index (χ1) is 6.38. The summed E-state index contributed by atoms with van der Waals surface area (Å²) >= 11 is 3.52. The van der Waals surface area contributed by atoms with Crippen molar-refractivity contribution in [2.24, 2.45) is 0 Å². The quantitative estimate of drug-likeness (QED) is 0.532. The number of aryl methyl sites for hydroxylation is 1. The zero-order valence-electron chi connectivity index (χ0n) is 8.22. The summed E-state index contributed by atoms with van der Waals surface area (Å²) < 4.78 is 0. The number of unbranched alkanes of at least 4 members (excludes halogenated alkanes) is 2. The first-order valence-corrected chi connectivity index (χ1v) is 6.13. The minimum Gasteiger partial charge on any atom is -0.0876 e. The molecule has 0 aromatic heterocycles. The van der Waals surface area contributed by atoms with Gasteiger partial charge in [-0.05, 0) is 24.0 Å². The standard InChI is InChI=1S/C12H17Br/c1-2-3-4-7-11-8-5-6-9-12(11)10-13/h5-6,8-9H,2-4,7,10H2,1H3. The molecule has 0 heterocycles. The molecule has 0 bridgehead atoms. The van der Waals surface area contributed by atoms with E-state index in [1.165, 1.54) is 36.8 Å². The summed E-state index contributed by atoms with van der Waals surface area (Å²) in [4.78, 5) is 0. The molecule has 1 aromatic rings. The average molecular weight is 241 g/mol. The number of rotatable bonds is 5. The van der Waals surface area contributed by atoms with Gasteiger partial charge in [-0.15, -0.1) is 0 Å². The Balaban J connectivity index is 2.54. The van der Waals surface area contributed by atoms with Crippen molar-refractivity contribution in [2.45, 2.75) is 37.9 Å². The van der Waals surface area contributed by atoms with Gasteiger partial charge in [-0.25, -0.2) is 0 Å². The van der Waals surface area contributed by atoms with Crippen LogP contribution in [0.1, 0.15) is 37.3 Å². The summed E-state index contributed by atoms with van der Waals surface area (Å²) in [5.41, 5.74) is 2.95. The molecule has 0 aliphatic heterocycles. The molecule has 13 heavy (non-hydrogen) atoms. The van der Waals surface area contributed by atoms with E-state index in [2.05, 4.69) is 47.1 Å². The molecule has 0 atom stereocenters. The first kappa shape index (κ1) is 10.8. The van der Waals surface area contributed by atoms with Gasteiger partial charge in [0.1, 0.15) is 0 Å². The third-order valence-electron chi connectivity index (χ3n) is 2.31. The van der Waals surface area contributed by atoms with Crippen LogP contribution in [-0.2, 0) is 11.8 Å². The number of hydrogen-bond acceptors (Lipinski definition) is 0. The molecule has 1 heteroatoms. The molecule has 0 amide bonds. The van der Waals surface area contributed by atoms with Gasteiger partial charge in [0.25, 0.3) is 0 Å². The van der Waals surface area contributed by atoms with Gasteiger partial charge in [-0.2, -0.15) is 0 Å². The largest absolute Gasteiger partial charge is 0.0876 e. The summed E-state index contributed by atoms with van der Waals surface area (Å²) in [7, 11) is 0. The number of benzene rings is 1. The Morgan fingerprint density at radius 2 is 1.77 bits per heavy atom. The lowest BCUT2D eigenvalue weighted by Gasteiger charge is -2.05. The fraction of sp³-hybridized carbons (Fsp3) is 0.500. The van der Waals surface area contributed by atoms with Crippen molar-refractivity contribution in [1.82, 2.24) is 0 Å². The SMILES string of the molecule is CCCCCc1ccccc1CBr. The van der Waals surface area contributed by atoms with E-state index in [1.54, 1.807) is 0 Å². The molecule has 1 rings (SSSR count). The van der Waals surface area contributed by atoms with Gasteiger partial charge >= 0.3 is 0 Å². The van der Waals surface area contributed by atoms with E-state index in [4.69, 9.17) is 0 Å². The zero-order valence-corrected chi connectivity index (χ0v) is 9.81. The van der Waals surface area contributed by atoms with Crippen LogP contribution in [-0.4, -0.2) is 0 Å². The predicted octanol–water partition coefficient (Wildman–Crippen LogP) is 4.31. The van der Waals surface area contributed by atoms with E-state index >= 15 is 0 Å². The number of halogens is 1. The van der Waals surface area contributed by atoms with Gasteiger partial charge in [0, 0.05) is 5.33 Å². The van der Waals surface area contributed by atoms with Crippen LogP contribution in [0, 0.1) is 0 Å². The molecule has 0 spiro atoms. The van der Waals surface area contributed by atoms with Crippen LogP contribution in [0.5, 0.6) is 0 Å². The van der Waals surface area contributed by atoms with E-state index in [1.807, 2.05) is 0 Å². The van der Waals surface area contributed by atoms with E-state index in [0.717, 1.165) is 5.33 Å². The van der Waals surface area contributed by atoms with Gasteiger partial charge in [0.2, 0.25) is 0 Å². The third-order valence-corrected chi connectivity index (χ3v) is 2.92. The van der Waals surface area contributed by atoms with Gasteiger partial charge in [0.05, 0.1) is 0 Å². The van der Waals surface area contributed by atoms with Crippen molar-refractivity contribution >= 4 is 15.9 Å². The molecule has 0 unspecified atom stereocenters. The smallest absolute Gasteiger partial charge is 0.0285 e. The van der Waals surface area contributed by atoms with Crippen molar-refractivity contribution in [2.75, 3.05) is 0 Å². The normalized spacial score (nSPS) is 10.3. The summed E-state index contributed by atoms with van der Waals surface area (Å²) in [5, 5.41) is 0.981. The lowest BCUT2D eigenvalue weighted by Crippen LogP contribution is -1.91. The second kappa shape index (κ2) is 6.20. The Labute approximate surface area is 89.5 Å². The molecular formula is C12H17Br. The fourth-order valence-corrected chi connectivity index (χ4v) is 2.04. The van der Waals surface area contributed by atoms with Crippen molar-refractivity contribution in [3.8, 4) is 0 Å². The highest BCUT2D eigenvalue weighted by Gasteiger charge is 1.98. The monoisotopic (exact) mass is 240 g/mol. The molecular weight excluding hydrogens is 224 g/mol. The van der Waals surface area contributed by atoms with Gasteiger partial charge in [-0.3, -0.25) is 0 Å². The van der Waals surface area contributed by atoms with Crippen LogP contribution in [0.4, 0.5) is 0 Å². The van der Waals surface area contributed by atoms with Gasteiger partial charge in [0.15, 0.2) is 0 Å². The number of alkyl halides is 1. The molecule has 72 valence electrons. The van der Waals surface area contributed by atoms with Gasteiger partial charge in [-0.1, -0.05) is 60.0 Å². The van der Waals surface area contributed by atoms with Crippen molar-refractivity contribution < 1.29 is 0 Å². The van der Waals surface area contributed by atoms with Crippen LogP contribution in [0.25, 0.3) is 0 Å². The maximum Gasteiger partial charge on any atom is 0.0285 e. The Kier molecular flexibility index (Phi) is 5.14. The lowest BCUT2D eigenvalue weighted by molar-refractivity contribution is 0.715. The summed E-state index contributed by atoms with van der Waals surface area (Å²) in [6, 6.07) is 8.69. The molecule has 0 fully saturated rings. The molecule has 0 saturated carbocycles. The minimum absolute atomic E-state index is 0.981. The van der Waals surface area contributed by atoms with Crippen LogP contribution in [0.15, 0.2) is 24.3 Å². The second-order valence-corrected chi connectivity index (χ2v) is 3.92. The van der Waals surface area contributed by atoms with Crippen LogP contribution in [0.2, 0.25) is 0 Å². The van der Waals surface area contributed by atoms with E-state index in [-0.39, 0.29) is 0 Å². The lowest BCUT2D eigenvalue weighted by atomic mass is 10.0. The first-order valence-electron chi connectivity index (χ1n) is 5.01. The minimum atomic E-state index is 0.981. The van der Waals surface area contributed by atoms with Crippen molar-refractivity contribution in [3.05, 3.63) is 35.4 Å². The van der Waals surface area contributed by atoms with Gasteiger partial charge < -0.3 is 0 Å². The second-order valence-electron chi connectivity index (χ2n) is 3.36. The van der Waals surface area contributed by atoms with Crippen LogP contribution in [0.3, 0.4) is 0 Å². The topological polar surface area (TPSA) is 0 Å². The molecule has 0 aliphatic rings. The summed E-state index contributed by atoms with van der Waals surface area (Å²) in [5.74, 6) is 0. The Hall–Kier alpha value is -0.300. The van der Waals surface area contributed by atoms with Crippen molar-refractivity contribution in [1.29, 1.82) is 0 Å². The molecule has 0 radical (unpaired) electrons. The van der Waals surface area contributed by atoms with E-state index in [0.29, 0.717) is 0 Å². The molecule has 0 aliphatic carbocycles. The van der Waals surface area contributed by atoms with E-state index < -0.39 is 0 Å². The highest BCUT2D eigenvalue weighted by atomic mass is 79.9. The predicted molar refractivity (Wildman–Crippen MR) is 62.3 cm³/mol. The van der Waals surface area contributed by atoms with Crippen molar-refractivity contribution in [3.63, 3.8) is 0 Å². The Morgan fingerprint density at radius 3 is 2.38 bits per heavy atom. The third kappa shape index (κ3) is 3.51. The Bertz CT molecular complexity index is 243. The zero-order chi connectivity index (χ0) is 9.52. The highest BCUT2D eigenvalue weighted by molar-refractivity contribution is 9.08. The molecule has 1 aromatic carbocycles. The average Bonchev–Trinajstić information content (AvgIpc) is 2.19. The molecule has 0 nitrogen and oxygen atoms in total. The fourth-order valence-electron chi connectivity index (χ4n) is 1.50. The van der Waals surface area contributed by atoms with Crippen LogP contribution >= 0.6 is 15.9 Å². The summed E-state index contributed by atoms with van der Waals surface area (Å²) in [6.07, 6.45) is 5.20. The summed E-state index contributed by atoms with van der Waals surface area (Å²) in [6.45, 7) is 2.25. The highest BCUT2D eigenvalue weighted by Crippen LogP contribution is 2.15. The maximum atomic E-state index is 3.52. The Morgan fingerprint density at radius 1 is 1.08 bits per heavy atom. The number of hydrogen-bond donors (Lipinski definition) is 0. The van der Waals surface area contributed by atoms with E-state index in [9.17, 15) is 0 Å². The maximum absolute atomic E-state index is 3.52. The molecule has 0 N–H and O–H groups in total.